The minimum Gasteiger partial charge on any atom is -0.507 e. The molecule has 3 heteroatoms. The fraction of sp³-hybridized carbons (Fsp3) is 0.333. The molecule has 0 heterocycles. The molecule has 1 unspecified atom stereocenters. The second kappa shape index (κ2) is 7.81. The Kier molecular flexibility index (Phi) is 5.78. The van der Waals surface area contributed by atoms with Gasteiger partial charge in [-0.25, -0.2) is 0 Å². The predicted molar refractivity (Wildman–Crippen MR) is 85.4 cm³/mol. The van der Waals surface area contributed by atoms with Crippen molar-refractivity contribution in [2.45, 2.75) is 25.8 Å². The van der Waals surface area contributed by atoms with Gasteiger partial charge in [-0.2, -0.15) is 0 Å². The summed E-state index contributed by atoms with van der Waals surface area (Å²) in [5.74, 6) is 0.645. The van der Waals surface area contributed by atoms with Gasteiger partial charge in [0.1, 0.15) is 5.75 Å². The van der Waals surface area contributed by atoms with E-state index < -0.39 is 0 Å². The lowest BCUT2D eigenvalue weighted by Crippen LogP contribution is -2.22. The van der Waals surface area contributed by atoms with E-state index in [9.17, 15) is 10.2 Å². The summed E-state index contributed by atoms with van der Waals surface area (Å²) < 4.78 is 0. The van der Waals surface area contributed by atoms with Crippen molar-refractivity contribution in [3.8, 4) is 5.75 Å². The van der Waals surface area contributed by atoms with E-state index in [0.717, 1.165) is 24.1 Å². The van der Waals surface area contributed by atoms with Crippen LogP contribution in [0.25, 0.3) is 0 Å². The van der Waals surface area contributed by atoms with Gasteiger partial charge in [0.2, 0.25) is 0 Å². The van der Waals surface area contributed by atoms with Crippen LogP contribution in [-0.4, -0.2) is 23.4 Å². The number of benzene rings is 2. The summed E-state index contributed by atoms with van der Waals surface area (Å²) in [6.45, 7) is 3.48. The molecule has 0 fully saturated rings. The van der Waals surface area contributed by atoms with Gasteiger partial charge in [0.05, 0.1) is 0 Å². The third kappa shape index (κ3) is 4.31. The van der Waals surface area contributed by atoms with Crippen molar-refractivity contribution in [1.29, 1.82) is 0 Å². The Labute approximate surface area is 126 Å². The summed E-state index contributed by atoms with van der Waals surface area (Å²) in [6.07, 6.45) is 0.733. The molecule has 2 aromatic carbocycles. The molecular weight excluding hydrogens is 262 g/mol. The highest BCUT2D eigenvalue weighted by atomic mass is 16.3. The Morgan fingerprint density at radius 2 is 1.81 bits per heavy atom. The number of aliphatic hydroxyl groups is 1. The van der Waals surface area contributed by atoms with Crippen LogP contribution in [-0.2, 0) is 6.54 Å². The lowest BCUT2D eigenvalue weighted by molar-refractivity contribution is 0.273. The highest BCUT2D eigenvalue weighted by Crippen LogP contribution is 2.22. The van der Waals surface area contributed by atoms with Crippen LogP contribution in [0.3, 0.4) is 0 Å². The molecule has 112 valence electrons. The number of aliphatic hydroxyl groups excluding tert-OH is 1. The Morgan fingerprint density at radius 1 is 1.05 bits per heavy atom. The van der Waals surface area contributed by atoms with Gasteiger partial charge in [-0.3, -0.25) is 0 Å². The van der Waals surface area contributed by atoms with Crippen LogP contribution in [0.4, 0.5) is 0 Å². The van der Waals surface area contributed by atoms with Crippen molar-refractivity contribution in [3.05, 3.63) is 65.2 Å². The average Bonchev–Trinajstić information content (AvgIpc) is 2.51. The number of phenolic OH excluding ortho intramolecular Hbond substituents is 1. The zero-order chi connectivity index (χ0) is 15.1. The van der Waals surface area contributed by atoms with E-state index >= 15 is 0 Å². The van der Waals surface area contributed by atoms with E-state index in [2.05, 4.69) is 17.4 Å². The largest absolute Gasteiger partial charge is 0.507 e. The molecular formula is C18H23NO2. The monoisotopic (exact) mass is 285 g/mol. The number of hydrogen-bond acceptors (Lipinski definition) is 3. The molecule has 0 aliphatic heterocycles. The molecule has 0 bridgehead atoms. The quantitative estimate of drug-likeness (QED) is 0.733. The molecule has 0 saturated carbocycles. The molecule has 0 radical (unpaired) electrons. The zero-order valence-electron chi connectivity index (χ0n) is 12.4. The number of aromatic hydroxyl groups is 1. The van der Waals surface area contributed by atoms with Gasteiger partial charge in [0, 0.05) is 25.3 Å². The third-order valence-corrected chi connectivity index (χ3v) is 3.78. The van der Waals surface area contributed by atoms with Crippen LogP contribution in [0.15, 0.2) is 48.5 Å². The molecule has 3 nitrogen and oxygen atoms in total. The van der Waals surface area contributed by atoms with E-state index in [0.29, 0.717) is 12.3 Å². The summed E-state index contributed by atoms with van der Waals surface area (Å²) in [7, 11) is 0. The first-order chi connectivity index (χ1) is 10.2. The van der Waals surface area contributed by atoms with E-state index in [1.165, 1.54) is 5.56 Å². The standard InChI is InChI=1S/C18H23NO2/c1-14-6-5-9-17(18(14)21)13-19-12-16(10-11-20)15-7-3-2-4-8-15/h2-9,16,19-21H,10-13H2,1H3. The Hall–Kier alpha value is -1.84. The normalized spacial score (nSPS) is 12.3. The second-order valence-electron chi connectivity index (χ2n) is 5.33. The van der Waals surface area contributed by atoms with Gasteiger partial charge in [0.15, 0.2) is 0 Å². The predicted octanol–water partition coefficient (Wildman–Crippen LogP) is 2.96. The summed E-state index contributed by atoms with van der Waals surface area (Å²) in [4.78, 5) is 0. The highest BCUT2D eigenvalue weighted by Gasteiger charge is 2.11. The van der Waals surface area contributed by atoms with Gasteiger partial charge < -0.3 is 15.5 Å². The molecule has 21 heavy (non-hydrogen) atoms. The minimum atomic E-state index is 0.178. The van der Waals surface area contributed by atoms with Crippen LogP contribution in [0.5, 0.6) is 5.75 Å². The van der Waals surface area contributed by atoms with Gasteiger partial charge in [-0.1, -0.05) is 48.5 Å². The summed E-state index contributed by atoms with van der Waals surface area (Å²) in [6, 6.07) is 16.0. The number of phenols is 1. The van der Waals surface area contributed by atoms with Crippen molar-refractivity contribution in [1.82, 2.24) is 5.32 Å². The van der Waals surface area contributed by atoms with Gasteiger partial charge in [-0.05, 0) is 30.4 Å². The molecule has 1 atom stereocenters. The second-order valence-corrected chi connectivity index (χ2v) is 5.33. The lowest BCUT2D eigenvalue weighted by Gasteiger charge is -2.17. The Balaban J connectivity index is 1.95. The van der Waals surface area contributed by atoms with Gasteiger partial charge in [-0.15, -0.1) is 0 Å². The summed E-state index contributed by atoms with van der Waals surface area (Å²) in [5, 5.41) is 22.6. The first kappa shape index (κ1) is 15.5. The maximum Gasteiger partial charge on any atom is 0.122 e. The molecule has 0 spiro atoms. The van der Waals surface area contributed by atoms with Crippen LogP contribution in [0.1, 0.15) is 29.0 Å². The number of hydrogen-bond donors (Lipinski definition) is 3. The molecule has 2 rings (SSSR count). The summed E-state index contributed by atoms with van der Waals surface area (Å²) in [5.41, 5.74) is 3.03. The topological polar surface area (TPSA) is 52.5 Å². The van der Waals surface area contributed by atoms with Crippen molar-refractivity contribution in [3.63, 3.8) is 0 Å². The third-order valence-electron chi connectivity index (χ3n) is 3.78. The van der Waals surface area contributed by atoms with E-state index in [4.69, 9.17) is 0 Å². The van der Waals surface area contributed by atoms with E-state index in [1.54, 1.807) is 0 Å². The molecule has 0 aromatic heterocycles. The van der Waals surface area contributed by atoms with Crippen molar-refractivity contribution in [2.24, 2.45) is 0 Å². The highest BCUT2D eigenvalue weighted by molar-refractivity contribution is 5.39. The van der Waals surface area contributed by atoms with Gasteiger partial charge >= 0.3 is 0 Å². The van der Waals surface area contributed by atoms with Crippen molar-refractivity contribution >= 4 is 0 Å². The van der Waals surface area contributed by atoms with E-state index in [-0.39, 0.29) is 12.5 Å². The first-order valence-corrected chi connectivity index (χ1v) is 7.36. The number of rotatable bonds is 7. The number of para-hydroxylation sites is 1. The molecule has 0 aliphatic carbocycles. The number of nitrogens with one attached hydrogen (secondary N) is 1. The smallest absolute Gasteiger partial charge is 0.122 e. The molecule has 0 saturated heterocycles. The van der Waals surface area contributed by atoms with Gasteiger partial charge in [0.25, 0.3) is 0 Å². The van der Waals surface area contributed by atoms with Crippen molar-refractivity contribution in [2.75, 3.05) is 13.2 Å². The zero-order valence-corrected chi connectivity index (χ0v) is 12.4. The van der Waals surface area contributed by atoms with Crippen LogP contribution < -0.4 is 5.32 Å². The maximum absolute atomic E-state index is 10.0. The number of aryl methyl sites for hydroxylation is 1. The SMILES string of the molecule is Cc1cccc(CNCC(CCO)c2ccccc2)c1O. The first-order valence-electron chi connectivity index (χ1n) is 7.36. The maximum atomic E-state index is 10.0. The molecule has 0 aliphatic rings. The molecule has 3 N–H and O–H groups in total. The molecule has 0 amide bonds. The van der Waals surface area contributed by atoms with Crippen LogP contribution in [0, 0.1) is 6.92 Å². The lowest BCUT2D eigenvalue weighted by atomic mass is 9.96. The van der Waals surface area contributed by atoms with Crippen molar-refractivity contribution < 1.29 is 10.2 Å². The van der Waals surface area contributed by atoms with Crippen LogP contribution >= 0.6 is 0 Å². The van der Waals surface area contributed by atoms with E-state index in [1.807, 2.05) is 43.3 Å². The fourth-order valence-corrected chi connectivity index (χ4v) is 2.51. The fourth-order valence-electron chi connectivity index (χ4n) is 2.51. The minimum absolute atomic E-state index is 0.178. The Bertz CT molecular complexity index is 554. The Morgan fingerprint density at radius 3 is 2.52 bits per heavy atom. The summed E-state index contributed by atoms with van der Waals surface area (Å²) >= 11 is 0. The average molecular weight is 285 g/mol. The van der Waals surface area contributed by atoms with Crippen LogP contribution in [0.2, 0.25) is 0 Å². The molecule has 2 aromatic rings.